The molecular weight excluding hydrogens is 765 g/mol. The van der Waals surface area contributed by atoms with E-state index < -0.39 is 0 Å². The Morgan fingerprint density at radius 3 is 1.52 bits per heavy atom. The van der Waals surface area contributed by atoms with Crippen molar-refractivity contribution in [3.8, 4) is 50.2 Å². The SMILES string of the molecule is c1ccc(-c2ccc(-c3cccc(N(c4ccc(-c5ccc(-n6c7ccccc7c7ccccc76)cc5)cc4)c4ccccc4-c4cccc5oc6ccccc6c45)c3)cc2)cc1. The van der Waals surface area contributed by atoms with E-state index in [1.54, 1.807) is 0 Å². The zero-order valence-electron chi connectivity index (χ0n) is 34.4. The zero-order chi connectivity index (χ0) is 41.7. The number of aromatic nitrogens is 1. The summed E-state index contributed by atoms with van der Waals surface area (Å²) in [6, 6.07) is 87.1. The zero-order valence-corrected chi connectivity index (χ0v) is 34.4. The maximum atomic E-state index is 6.39. The third kappa shape index (κ3) is 6.38. The number of para-hydroxylation sites is 4. The summed E-state index contributed by atoms with van der Waals surface area (Å²) in [6.07, 6.45) is 0. The van der Waals surface area contributed by atoms with Gasteiger partial charge in [0, 0.05) is 44.2 Å². The molecule has 0 aliphatic carbocycles. The van der Waals surface area contributed by atoms with Crippen LogP contribution in [-0.2, 0) is 0 Å². The molecule has 296 valence electrons. The van der Waals surface area contributed by atoms with Gasteiger partial charge in [0.2, 0.25) is 0 Å². The van der Waals surface area contributed by atoms with Crippen molar-refractivity contribution >= 4 is 60.8 Å². The number of hydrogen-bond donors (Lipinski definition) is 0. The fourth-order valence-electron chi connectivity index (χ4n) is 9.44. The largest absolute Gasteiger partial charge is 0.456 e. The van der Waals surface area contributed by atoms with E-state index in [4.69, 9.17) is 4.42 Å². The standard InChI is InChI=1S/C60H40N2O/c1-2-14-41(15-3-1)42-28-30-45(31-29-42)46-16-12-17-49(40-46)61(55-23-8-6-20-52(55)53-22-13-27-59-60(53)54-21-7-11-26-58(54)63-59)47-36-32-43(33-37-47)44-34-38-48(39-35-44)62-56-24-9-4-18-50(56)51-19-5-10-25-57(51)62/h1-40H. The Bertz CT molecular complexity index is 3550. The number of anilines is 3. The lowest BCUT2D eigenvalue weighted by atomic mass is 9.96. The maximum Gasteiger partial charge on any atom is 0.136 e. The van der Waals surface area contributed by atoms with Crippen LogP contribution in [0.25, 0.3) is 93.9 Å². The first-order valence-corrected chi connectivity index (χ1v) is 21.5. The monoisotopic (exact) mass is 804 g/mol. The third-order valence-corrected chi connectivity index (χ3v) is 12.4. The Hall–Kier alpha value is -8.40. The van der Waals surface area contributed by atoms with Crippen LogP contribution in [0.5, 0.6) is 0 Å². The summed E-state index contributed by atoms with van der Waals surface area (Å²) in [4.78, 5) is 2.40. The molecule has 12 aromatic rings. The molecule has 0 saturated heterocycles. The lowest BCUT2D eigenvalue weighted by Crippen LogP contribution is -2.11. The van der Waals surface area contributed by atoms with Gasteiger partial charge in [-0.1, -0.05) is 176 Å². The third-order valence-electron chi connectivity index (χ3n) is 12.4. The quantitative estimate of drug-likeness (QED) is 0.153. The van der Waals surface area contributed by atoms with Crippen LogP contribution >= 0.6 is 0 Å². The van der Waals surface area contributed by atoms with Crippen molar-refractivity contribution in [2.24, 2.45) is 0 Å². The van der Waals surface area contributed by atoms with E-state index in [1.165, 1.54) is 38.5 Å². The van der Waals surface area contributed by atoms with E-state index in [0.29, 0.717) is 0 Å². The normalized spacial score (nSPS) is 11.5. The smallest absolute Gasteiger partial charge is 0.136 e. The Morgan fingerprint density at radius 1 is 0.317 bits per heavy atom. The van der Waals surface area contributed by atoms with Gasteiger partial charge in [-0.25, -0.2) is 0 Å². The molecule has 2 aromatic heterocycles. The average Bonchev–Trinajstić information content (AvgIpc) is 3.91. The number of benzene rings is 10. The Labute approximate surface area is 366 Å². The van der Waals surface area contributed by atoms with Crippen LogP contribution in [0.15, 0.2) is 247 Å². The molecule has 0 aliphatic rings. The predicted octanol–water partition coefficient (Wildman–Crippen LogP) is 16.8. The van der Waals surface area contributed by atoms with Gasteiger partial charge in [-0.05, 0) is 106 Å². The van der Waals surface area contributed by atoms with Crippen LogP contribution in [0.1, 0.15) is 0 Å². The van der Waals surface area contributed by atoms with Gasteiger partial charge in [0.15, 0.2) is 0 Å². The van der Waals surface area contributed by atoms with Gasteiger partial charge in [-0.15, -0.1) is 0 Å². The predicted molar refractivity (Wildman–Crippen MR) is 264 cm³/mol. The van der Waals surface area contributed by atoms with Gasteiger partial charge >= 0.3 is 0 Å². The van der Waals surface area contributed by atoms with E-state index in [2.05, 4.69) is 246 Å². The first kappa shape index (κ1) is 36.5. The van der Waals surface area contributed by atoms with Gasteiger partial charge in [0.25, 0.3) is 0 Å². The number of hydrogen-bond acceptors (Lipinski definition) is 2. The maximum absolute atomic E-state index is 6.39. The van der Waals surface area contributed by atoms with Crippen LogP contribution in [0, 0.1) is 0 Å². The lowest BCUT2D eigenvalue weighted by molar-refractivity contribution is 0.669. The summed E-state index contributed by atoms with van der Waals surface area (Å²) < 4.78 is 8.76. The summed E-state index contributed by atoms with van der Waals surface area (Å²) in [6.45, 7) is 0. The van der Waals surface area contributed by atoms with E-state index in [0.717, 1.165) is 72.5 Å². The molecule has 12 rings (SSSR count). The van der Waals surface area contributed by atoms with Crippen molar-refractivity contribution in [1.29, 1.82) is 0 Å². The summed E-state index contributed by atoms with van der Waals surface area (Å²) in [5.74, 6) is 0. The molecule has 0 atom stereocenters. The Morgan fingerprint density at radius 2 is 0.810 bits per heavy atom. The summed E-state index contributed by atoms with van der Waals surface area (Å²) in [7, 11) is 0. The van der Waals surface area contributed by atoms with Gasteiger partial charge in [-0.2, -0.15) is 0 Å². The second-order valence-corrected chi connectivity index (χ2v) is 16.1. The number of furan rings is 1. The molecule has 3 nitrogen and oxygen atoms in total. The molecule has 63 heavy (non-hydrogen) atoms. The van der Waals surface area contributed by atoms with Gasteiger partial charge in [0.1, 0.15) is 11.2 Å². The minimum Gasteiger partial charge on any atom is -0.456 e. The molecule has 0 N–H and O–H groups in total. The van der Waals surface area contributed by atoms with Crippen molar-refractivity contribution in [3.05, 3.63) is 243 Å². The molecule has 0 aliphatic heterocycles. The summed E-state index contributed by atoms with van der Waals surface area (Å²) in [5.41, 5.74) is 17.8. The van der Waals surface area contributed by atoms with Crippen LogP contribution < -0.4 is 4.90 Å². The minimum absolute atomic E-state index is 0.879. The van der Waals surface area contributed by atoms with Crippen molar-refractivity contribution < 1.29 is 4.42 Å². The van der Waals surface area contributed by atoms with E-state index in [1.807, 2.05) is 6.07 Å². The van der Waals surface area contributed by atoms with Crippen molar-refractivity contribution in [1.82, 2.24) is 4.57 Å². The fourth-order valence-corrected chi connectivity index (χ4v) is 9.44. The first-order valence-electron chi connectivity index (χ1n) is 21.5. The summed E-state index contributed by atoms with van der Waals surface area (Å²) in [5, 5.41) is 4.76. The summed E-state index contributed by atoms with van der Waals surface area (Å²) >= 11 is 0. The van der Waals surface area contributed by atoms with Crippen molar-refractivity contribution in [2.75, 3.05) is 4.90 Å². The molecule has 2 heterocycles. The van der Waals surface area contributed by atoms with E-state index in [9.17, 15) is 0 Å². The lowest BCUT2D eigenvalue weighted by Gasteiger charge is -2.28. The minimum atomic E-state index is 0.879. The highest BCUT2D eigenvalue weighted by atomic mass is 16.3. The van der Waals surface area contributed by atoms with E-state index >= 15 is 0 Å². The molecule has 0 radical (unpaired) electrons. The van der Waals surface area contributed by atoms with Crippen LogP contribution in [-0.4, -0.2) is 4.57 Å². The molecule has 0 spiro atoms. The molecule has 0 amide bonds. The molecule has 3 heteroatoms. The Kier molecular flexibility index (Phi) is 8.83. The Balaban J connectivity index is 0.961. The van der Waals surface area contributed by atoms with E-state index in [-0.39, 0.29) is 0 Å². The number of rotatable bonds is 8. The van der Waals surface area contributed by atoms with Gasteiger partial charge in [-0.3, -0.25) is 0 Å². The highest BCUT2D eigenvalue weighted by molar-refractivity contribution is 6.14. The van der Waals surface area contributed by atoms with Crippen LogP contribution in [0.4, 0.5) is 17.1 Å². The second kappa shape index (κ2) is 15.3. The highest BCUT2D eigenvalue weighted by Crippen LogP contribution is 2.45. The van der Waals surface area contributed by atoms with Crippen LogP contribution in [0.3, 0.4) is 0 Å². The van der Waals surface area contributed by atoms with Gasteiger partial charge < -0.3 is 13.9 Å². The molecule has 0 unspecified atom stereocenters. The molecule has 0 bridgehead atoms. The molecule has 10 aromatic carbocycles. The average molecular weight is 805 g/mol. The number of fused-ring (bicyclic) bond motifs is 6. The molecular formula is C60H40N2O. The van der Waals surface area contributed by atoms with Crippen LogP contribution in [0.2, 0.25) is 0 Å². The topological polar surface area (TPSA) is 21.3 Å². The van der Waals surface area contributed by atoms with Gasteiger partial charge in [0.05, 0.1) is 16.7 Å². The van der Waals surface area contributed by atoms with Crippen molar-refractivity contribution in [3.63, 3.8) is 0 Å². The van der Waals surface area contributed by atoms with Crippen molar-refractivity contribution in [2.45, 2.75) is 0 Å². The highest BCUT2D eigenvalue weighted by Gasteiger charge is 2.21. The first-order chi connectivity index (χ1) is 31.2. The number of nitrogens with zero attached hydrogens (tertiary/aromatic N) is 2. The second-order valence-electron chi connectivity index (χ2n) is 16.1. The fraction of sp³-hybridized carbons (Fsp3) is 0. The molecule has 0 fully saturated rings. The molecule has 0 saturated carbocycles.